The number of hydrogen-bond acceptors (Lipinski definition) is 6. The number of aromatic nitrogens is 4. The van der Waals surface area contributed by atoms with E-state index in [0.717, 1.165) is 53.3 Å². The van der Waals surface area contributed by atoms with Crippen LogP contribution in [0.25, 0.3) is 0 Å². The predicted molar refractivity (Wildman–Crippen MR) is 95.5 cm³/mol. The molecular weight excluding hydrogens is 344 g/mol. The molecule has 0 spiro atoms. The monoisotopic (exact) mass is 366 g/mol. The Hall–Kier alpha value is -1.61. The van der Waals surface area contributed by atoms with Crippen molar-refractivity contribution in [3.8, 4) is 0 Å². The van der Waals surface area contributed by atoms with Crippen LogP contribution in [0, 0.1) is 6.92 Å². The van der Waals surface area contributed by atoms with Crippen molar-refractivity contribution in [1.82, 2.24) is 30.4 Å². The van der Waals surface area contributed by atoms with E-state index in [1.807, 2.05) is 18.0 Å². The molecule has 0 bridgehead atoms. The second-order valence-electron chi connectivity index (χ2n) is 5.78. The molecule has 0 unspecified atom stereocenters. The summed E-state index contributed by atoms with van der Waals surface area (Å²) in [4.78, 5) is 21.7. The third-order valence-corrected chi connectivity index (χ3v) is 6.00. The van der Waals surface area contributed by atoms with E-state index < -0.39 is 0 Å². The van der Waals surface area contributed by atoms with Crippen LogP contribution in [0.5, 0.6) is 0 Å². The van der Waals surface area contributed by atoms with Gasteiger partial charge in [0.25, 0.3) is 0 Å². The summed E-state index contributed by atoms with van der Waals surface area (Å²) in [5.74, 6) is 2.23. The normalized spacial score (nSPS) is 17.9. The van der Waals surface area contributed by atoms with Gasteiger partial charge in [0.1, 0.15) is 10.8 Å². The molecule has 1 atom stereocenters. The first-order valence-corrected chi connectivity index (χ1v) is 9.97. The van der Waals surface area contributed by atoms with Gasteiger partial charge in [-0.1, -0.05) is 23.1 Å². The molecule has 2 amide bonds. The maximum atomic E-state index is 12.3. The zero-order valence-electron chi connectivity index (χ0n) is 13.7. The number of carbonyl (C=O) groups excluding carboxylic acids is 1. The molecule has 130 valence electrons. The molecule has 2 N–H and O–H groups in total. The van der Waals surface area contributed by atoms with E-state index in [9.17, 15) is 4.79 Å². The fraction of sp³-hybridized carbons (Fsp3) is 0.600. The number of aryl methyl sites for hydroxylation is 1. The Bertz CT molecular complexity index is 644. The molecule has 0 aromatic carbocycles. The second kappa shape index (κ2) is 8.48. The molecule has 0 radical (unpaired) electrons. The molecule has 3 heterocycles. The lowest BCUT2D eigenvalue weighted by Crippen LogP contribution is -2.45. The van der Waals surface area contributed by atoms with Crippen LogP contribution in [0.1, 0.15) is 36.0 Å². The van der Waals surface area contributed by atoms with Gasteiger partial charge in [-0.05, 0) is 26.2 Å². The van der Waals surface area contributed by atoms with Crippen molar-refractivity contribution in [3.05, 3.63) is 23.2 Å². The van der Waals surface area contributed by atoms with E-state index in [2.05, 4.69) is 25.5 Å². The number of hydrogen-bond donors (Lipinski definition) is 2. The van der Waals surface area contributed by atoms with Crippen LogP contribution in [-0.4, -0.2) is 56.5 Å². The number of aromatic amines is 1. The van der Waals surface area contributed by atoms with Gasteiger partial charge in [-0.3, -0.25) is 0 Å². The Morgan fingerprint density at radius 2 is 2.46 bits per heavy atom. The van der Waals surface area contributed by atoms with Crippen LogP contribution in [0.2, 0.25) is 0 Å². The number of nitrogens with one attached hydrogen (secondary N) is 2. The zero-order valence-corrected chi connectivity index (χ0v) is 15.3. The van der Waals surface area contributed by atoms with Crippen LogP contribution in [0.15, 0.2) is 16.7 Å². The quantitative estimate of drug-likeness (QED) is 0.606. The molecule has 9 heteroatoms. The molecule has 1 saturated heterocycles. The zero-order chi connectivity index (χ0) is 16.8. The SMILES string of the molecule is Cc1nnc(SCCCNC(=O)N2CCC[C@@H](c3ncc[nH]3)C2)s1. The average molecular weight is 367 g/mol. The number of carbonyl (C=O) groups is 1. The first kappa shape index (κ1) is 17.2. The lowest BCUT2D eigenvalue weighted by atomic mass is 9.98. The third kappa shape index (κ3) is 4.70. The molecule has 0 saturated carbocycles. The van der Waals surface area contributed by atoms with Gasteiger partial charge < -0.3 is 15.2 Å². The number of urea groups is 1. The van der Waals surface area contributed by atoms with Crippen LogP contribution in [0.3, 0.4) is 0 Å². The van der Waals surface area contributed by atoms with E-state index in [-0.39, 0.29) is 6.03 Å². The highest BCUT2D eigenvalue weighted by molar-refractivity contribution is 8.01. The minimum Gasteiger partial charge on any atom is -0.348 e. The molecule has 2 aromatic rings. The summed E-state index contributed by atoms with van der Waals surface area (Å²) in [6.07, 6.45) is 6.63. The Kier molecular flexibility index (Phi) is 6.08. The van der Waals surface area contributed by atoms with Crippen molar-refractivity contribution in [2.75, 3.05) is 25.4 Å². The van der Waals surface area contributed by atoms with Gasteiger partial charge in [0.2, 0.25) is 0 Å². The van der Waals surface area contributed by atoms with Gasteiger partial charge in [0, 0.05) is 43.7 Å². The van der Waals surface area contributed by atoms with Gasteiger partial charge >= 0.3 is 6.03 Å². The summed E-state index contributed by atoms with van der Waals surface area (Å²) in [6.45, 7) is 4.20. The number of rotatable bonds is 6. The van der Waals surface area contributed by atoms with E-state index in [1.54, 1.807) is 29.3 Å². The van der Waals surface area contributed by atoms with Crippen LogP contribution < -0.4 is 5.32 Å². The van der Waals surface area contributed by atoms with Crippen molar-refractivity contribution >= 4 is 29.1 Å². The Morgan fingerprint density at radius 3 is 3.21 bits per heavy atom. The third-order valence-electron chi connectivity index (χ3n) is 3.95. The van der Waals surface area contributed by atoms with E-state index in [4.69, 9.17) is 0 Å². The van der Waals surface area contributed by atoms with E-state index >= 15 is 0 Å². The van der Waals surface area contributed by atoms with Gasteiger partial charge in [0.15, 0.2) is 4.34 Å². The van der Waals surface area contributed by atoms with Crippen molar-refractivity contribution < 1.29 is 4.79 Å². The van der Waals surface area contributed by atoms with Gasteiger partial charge in [-0.2, -0.15) is 0 Å². The topological polar surface area (TPSA) is 86.8 Å². The number of imidazole rings is 1. The maximum Gasteiger partial charge on any atom is 0.317 e. The number of H-pyrrole nitrogens is 1. The Morgan fingerprint density at radius 1 is 1.54 bits per heavy atom. The van der Waals surface area contributed by atoms with Gasteiger partial charge in [-0.15, -0.1) is 10.2 Å². The molecular formula is C15H22N6OS2. The highest BCUT2D eigenvalue weighted by Gasteiger charge is 2.25. The summed E-state index contributed by atoms with van der Waals surface area (Å²) in [5.41, 5.74) is 0. The Balaban J connectivity index is 1.35. The smallest absolute Gasteiger partial charge is 0.317 e. The van der Waals surface area contributed by atoms with Crippen molar-refractivity contribution in [1.29, 1.82) is 0 Å². The minimum absolute atomic E-state index is 0.0306. The molecule has 1 fully saturated rings. The second-order valence-corrected chi connectivity index (χ2v) is 8.30. The predicted octanol–water partition coefficient (Wildman–Crippen LogP) is 2.64. The summed E-state index contributed by atoms with van der Waals surface area (Å²) in [6, 6.07) is 0.0306. The Labute approximate surface area is 149 Å². The van der Waals surface area contributed by atoms with Crippen LogP contribution in [0.4, 0.5) is 4.79 Å². The van der Waals surface area contributed by atoms with Crippen molar-refractivity contribution in [2.24, 2.45) is 0 Å². The highest BCUT2D eigenvalue weighted by Crippen LogP contribution is 2.24. The van der Waals surface area contributed by atoms with E-state index in [0.29, 0.717) is 12.5 Å². The summed E-state index contributed by atoms with van der Waals surface area (Å²) in [7, 11) is 0. The van der Waals surface area contributed by atoms with Gasteiger partial charge in [-0.25, -0.2) is 9.78 Å². The number of thioether (sulfide) groups is 1. The molecule has 7 nitrogen and oxygen atoms in total. The first-order valence-electron chi connectivity index (χ1n) is 8.17. The van der Waals surface area contributed by atoms with Crippen LogP contribution >= 0.6 is 23.1 Å². The minimum atomic E-state index is 0.0306. The molecule has 1 aliphatic rings. The fourth-order valence-corrected chi connectivity index (χ4v) is 4.59. The summed E-state index contributed by atoms with van der Waals surface area (Å²) < 4.78 is 0.996. The summed E-state index contributed by atoms with van der Waals surface area (Å²) in [5, 5.41) is 12.1. The van der Waals surface area contributed by atoms with Crippen LogP contribution in [-0.2, 0) is 0 Å². The number of likely N-dealkylation sites (tertiary alicyclic amines) is 1. The molecule has 2 aromatic heterocycles. The average Bonchev–Trinajstić information content (AvgIpc) is 3.26. The summed E-state index contributed by atoms with van der Waals surface area (Å²) >= 11 is 3.30. The largest absolute Gasteiger partial charge is 0.348 e. The molecule has 1 aliphatic heterocycles. The maximum absolute atomic E-state index is 12.3. The molecule has 24 heavy (non-hydrogen) atoms. The number of nitrogens with zero attached hydrogens (tertiary/aromatic N) is 4. The lowest BCUT2D eigenvalue weighted by Gasteiger charge is -2.31. The number of amides is 2. The van der Waals surface area contributed by atoms with E-state index in [1.165, 1.54) is 0 Å². The van der Waals surface area contributed by atoms with Crippen molar-refractivity contribution in [3.63, 3.8) is 0 Å². The number of piperidine rings is 1. The van der Waals surface area contributed by atoms with Gasteiger partial charge in [0.05, 0.1) is 0 Å². The standard InChI is InChI=1S/C15H22N6OS2/c1-11-19-20-15(24-11)23-9-3-5-18-14(22)21-8-2-4-12(10-21)13-16-6-7-17-13/h6-7,12H,2-5,8-10H2,1H3,(H,16,17)(H,18,22)/t12-/m1/s1. The first-order chi connectivity index (χ1) is 11.7. The lowest BCUT2D eigenvalue weighted by molar-refractivity contribution is 0.178. The van der Waals surface area contributed by atoms with Crippen molar-refractivity contribution in [2.45, 2.75) is 36.4 Å². The molecule has 3 rings (SSSR count). The fourth-order valence-electron chi connectivity index (χ4n) is 2.76. The highest BCUT2D eigenvalue weighted by atomic mass is 32.2. The molecule has 0 aliphatic carbocycles.